The van der Waals surface area contributed by atoms with Crippen LogP contribution in [-0.4, -0.2) is 27.0 Å². The van der Waals surface area contributed by atoms with Gasteiger partial charge in [-0.2, -0.15) is 17.5 Å². The lowest BCUT2D eigenvalue weighted by Gasteiger charge is -2.14. The highest BCUT2D eigenvalue weighted by molar-refractivity contribution is 9.11. The van der Waals surface area contributed by atoms with Crippen molar-refractivity contribution in [1.82, 2.24) is 27.0 Å². The molecule has 0 spiro atoms. The Labute approximate surface area is 255 Å². The fourth-order valence-corrected chi connectivity index (χ4v) is 7.00. The van der Waals surface area contributed by atoms with Crippen LogP contribution in [0.5, 0.6) is 0 Å². The van der Waals surface area contributed by atoms with E-state index >= 15 is 0 Å². The van der Waals surface area contributed by atoms with Crippen LogP contribution >= 0.6 is 71.2 Å². The van der Waals surface area contributed by atoms with Crippen molar-refractivity contribution >= 4 is 104 Å². The molecule has 39 heavy (non-hydrogen) atoms. The largest absolute Gasteiger partial charge is 0.268 e. The Balaban J connectivity index is 0.000000210. The summed E-state index contributed by atoms with van der Waals surface area (Å²) in [5.74, 6) is 0. The van der Waals surface area contributed by atoms with Crippen LogP contribution in [0.3, 0.4) is 0 Å². The van der Waals surface area contributed by atoms with Gasteiger partial charge in [0.05, 0.1) is 40.0 Å². The number of aromatic nitrogens is 6. The molecular weight excluding hydrogens is 728 g/mol. The Morgan fingerprint density at radius 2 is 1.26 bits per heavy atom. The first-order valence-corrected chi connectivity index (χ1v) is 15.3. The van der Waals surface area contributed by atoms with Gasteiger partial charge in [0, 0.05) is 19.0 Å². The lowest BCUT2D eigenvalue weighted by molar-refractivity contribution is 0.953. The van der Waals surface area contributed by atoms with Gasteiger partial charge in [-0.25, -0.2) is 4.98 Å². The predicted molar refractivity (Wildman–Crippen MR) is 169 cm³/mol. The van der Waals surface area contributed by atoms with Gasteiger partial charge >= 0.3 is 0 Å². The Morgan fingerprint density at radius 1 is 0.667 bits per heavy atom. The van der Waals surface area contributed by atoms with E-state index in [0.717, 1.165) is 57.9 Å². The Kier molecular flexibility index (Phi) is 7.38. The first-order chi connectivity index (χ1) is 18.9. The van der Waals surface area contributed by atoms with Gasteiger partial charge in [-0.05, 0) is 102 Å². The molecule has 0 aliphatic carbocycles. The first kappa shape index (κ1) is 26.3. The zero-order valence-corrected chi connectivity index (χ0v) is 26.4. The number of fused-ring (bicyclic) bond motifs is 3. The molecule has 0 amide bonds. The summed E-state index contributed by atoms with van der Waals surface area (Å²) in [6.07, 6.45) is 1.60. The highest BCUT2D eigenvalue weighted by Gasteiger charge is 2.15. The second-order valence-corrected chi connectivity index (χ2v) is 12.1. The third-order valence-electron chi connectivity index (χ3n) is 6.20. The molecule has 0 fully saturated rings. The minimum absolute atomic E-state index is 0.0814. The van der Waals surface area contributed by atoms with Gasteiger partial charge in [-0.1, -0.05) is 30.3 Å². The summed E-state index contributed by atoms with van der Waals surface area (Å²) in [4.78, 5) is 17.5. The third-order valence-corrected chi connectivity index (χ3v) is 9.18. The Hall–Kier alpha value is -2.90. The fourth-order valence-electron chi connectivity index (χ4n) is 4.28. The molecule has 0 unspecified atom stereocenters. The van der Waals surface area contributed by atoms with Crippen molar-refractivity contribution in [1.29, 1.82) is 0 Å². The molecule has 0 aliphatic rings. The molecule has 3 heterocycles. The van der Waals surface area contributed by atoms with E-state index in [4.69, 9.17) is 0 Å². The molecule has 0 N–H and O–H groups in total. The summed E-state index contributed by atoms with van der Waals surface area (Å²) in [6, 6.07) is 21.2. The first-order valence-electron chi connectivity index (χ1n) is 11.5. The lowest BCUT2D eigenvalue weighted by atomic mass is 9.98. The Morgan fingerprint density at radius 3 is 1.95 bits per heavy atom. The molecule has 192 valence electrons. The van der Waals surface area contributed by atoms with Gasteiger partial charge in [-0.15, -0.1) is 0 Å². The van der Waals surface area contributed by atoms with Crippen LogP contribution in [0.25, 0.3) is 49.8 Å². The van der Waals surface area contributed by atoms with Crippen LogP contribution in [0.1, 0.15) is 5.56 Å². The van der Waals surface area contributed by atoms with E-state index in [-0.39, 0.29) is 5.56 Å². The number of rotatable bonds is 2. The smallest absolute Gasteiger partial charge is 0.265 e. The summed E-state index contributed by atoms with van der Waals surface area (Å²) in [5, 5.41) is 0.601. The van der Waals surface area contributed by atoms with Gasteiger partial charge in [0.15, 0.2) is 0 Å². The third kappa shape index (κ3) is 4.84. The average Bonchev–Trinajstić information content (AvgIpc) is 3.65. The molecule has 0 atom stereocenters. The normalized spacial score (nSPS) is 11.2. The maximum Gasteiger partial charge on any atom is 0.265 e. The molecule has 0 aliphatic heterocycles. The molecule has 4 aromatic carbocycles. The van der Waals surface area contributed by atoms with Gasteiger partial charge in [-0.3, -0.25) is 9.36 Å². The number of halogens is 3. The van der Waals surface area contributed by atoms with Crippen molar-refractivity contribution in [3.8, 4) is 16.8 Å². The second-order valence-electron chi connectivity index (χ2n) is 8.43. The number of hydrogen-bond acceptors (Lipinski definition) is 8. The summed E-state index contributed by atoms with van der Waals surface area (Å²) < 4.78 is 21.6. The van der Waals surface area contributed by atoms with E-state index in [1.807, 2.05) is 67.6 Å². The highest BCUT2D eigenvalue weighted by atomic mass is 79.9. The molecule has 7 aromatic rings. The van der Waals surface area contributed by atoms with Crippen LogP contribution in [0.15, 0.2) is 91.3 Å². The number of hydrogen-bond donors (Lipinski definition) is 0. The van der Waals surface area contributed by atoms with Crippen molar-refractivity contribution in [2.24, 2.45) is 0 Å². The molecule has 0 saturated carbocycles. The zero-order valence-electron chi connectivity index (χ0n) is 20.0. The Bertz CT molecular complexity index is 2030. The van der Waals surface area contributed by atoms with Crippen LogP contribution in [-0.2, 0) is 0 Å². The van der Waals surface area contributed by atoms with Crippen molar-refractivity contribution in [3.05, 3.63) is 102 Å². The minimum Gasteiger partial charge on any atom is -0.268 e. The molecular formula is C27H15Br3N6OS2. The van der Waals surface area contributed by atoms with Gasteiger partial charge in [0.1, 0.15) is 28.4 Å². The topological polar surface area (TPSA) is 86.4 Å². The van der Waals surface area contributed by atoms with Gasteiger partial charge < -0.3 is 0 Å². The predicted octanol–water partition coefficient (Wildman–Crippen LogP) is 8.34. The minimum atomic E-state index is -0.0814. The van der Waals surface area contributed by atoms with Crippen LogP contribution < -0.4 is 5.56 Å². The second kappa shape index (κ2) is 10.9. The van der Waals surface area contributed by atoms with Gasteiger partial charge in [0.25, 0.3) is 5.56 Å². The summed E-state index contributed by atoms with van der Waals surface area (Å²) in [6.45, 7) is 2.01. The van der Waals surface area contributed by atoms with E-state index < -0.39 is 0 Å². The van der Waals surface area contributed by atoms with Crippen molar-refractivity contribution in [3.63, 3.8) is 0 Å². The number of nitrogens with zero attached hydrogens (tertiary/aromatic N) is 6. The highest BCUT2D eigenvalue weighted by Crippen LogP contribution is 2.35. The standard InChI is InChI=1S/C21H13BrN4OS.C6H2Br2N2S/c1-12-13(14-9-10-16(22)20-19(14)24-28-25-20)6-4-8-18(12)26-11-23-17-7-3-2-5-15(17)21(26)27;7-3-1-2-4(8)6-5(3)9-11-10-6/h2-11H,1H3;1-2H. The van der Waals surface area contributed by atoms with Crippen molar-refractivity contribution in [2.75, 3.05) is 0 Å². The maximum absolute atomic E-state index is 13.0. The lowest BCUT2D eigenvalue weighted by Crippen LogP contribution is -2.19. The quantitative estimate of drug-likeness (QED) is 0.177. The monoisotopic (exact) mass is 740 g/mol. The molecule has 7 rings (SSSR count). The van der Waals surface area contributed by atoms with E-state index in [9.17, 15) is 4.79 Å². The van der Waals surface area contributed by atoms with E-state index in [1.165, 1.54) is 23.5 Å². The fraction of sp³-hybridized carbons (Fsp3) is 0.0370. The molecule has 12 heteroatoms. The van der Waals surface area contributed by atoms with Crippen molar-refractivity contribution in [2.45, 2.75) is 6.92 Å². The van der Waals surface area contributed by atoms with E-state index in [0.29, 0.717) is 10.9 Å². The molecule has 0 radical (unpaired) electrons. The zero-order chi connectivity index (χ0) is 27.1. The summed E-state index contributed by atoms with van der Waals surface area (Å²) in [7, 11) is 0. The van der Waals surface area contributed by atoms with Gasteiger partial charge in [0.2, 0.25) is 0 Å². The summed E-state index contributed by atoms with van der Waals surface area (Å²) >= 11 is 12.7. The van der Waals surface area contributed by atoms with Crippen LogP contribution in [0.4, 0.5) is 0 Å². The number of para-hydroxylation sites is 1. The SMILES string of the molecule is Brc1ccc(Br)c2nsnc12.Cc1c(-c2ccc(Br)c3nsnc23)cccc1-n1cnc2ccccc2c1=O. The maximum atomic E-state index is 13.0. The summed E-state index contributed by atoms with van der Waals surface area (Å²) in [5.41, 5.74) is 7.95. The van der Waals surface area contributed by atoms with Crippen LogP contribution in [0, 0.1) is 6.92 Å². The molecule has 3 aromatic heterocycles. The van der Waals surface area contributed by atoms with E-state index in [2.05, 4.69) is 70.3 Å². The molecule has 0 saturated heterocycles. The number of benzene rings is 4. The average molecular weight is 743 g/mol. The molecule has 7 nitrogen and oxygen atoms in total. The van der Waals surface area contributed by atoms with Crippen LogP contribution in [0.2, 0.25) is 0 Å². The van der Waals surface area contributed by atoms with Crippen molar-refractivity contribution < 1.29 is 0 Å². The van der Waals surface area contributed by atoms with E-state index in [1.54, 1.807) is 17.0 Å². The molecule has 0 bridgehead atoms.